The Morgan fingerprint density at radius 2 is 2.25 bits per heavy atom. The maximum absolute atomic E-state index is 10.9. The van der Waals surface area contributed by atoms with Gasteiger partial charge in [0.25, 0.3) is 5.69 Å². The quantitative estimate of drug-likeness (QED) is 0.518. The summed E-state index contributed by atoms with van der Waals surface area (Å²) in [6.45, 7) is 3.22. The van der Waals surface area contributed by atoms with Gasteiger partial charge in [0.1, 0.15) is 11.5 Å². The number of nitrogen functional groups attached to an aromatic ring is 1. The first-order chi connectivity index (χ1) is 9.63. The lowest BCUT2D eigenvalue weighted by Gasteiger charge is -2.27. The minimum Gasteiger partial charge on any atom is -0.393 e. The first kappa shape index (κ1) is 12.6. The predicted octanol–water partition coefficient (Wildman–Crippen LogP) is 1.39. The summed E-state index contributed by atoms with van der Waals surface area (Å²) < 4.78 is 2.13. The molecule has 0 saturated carbocycles. The zero-order chi connectivity index (χ0) is 14.1. The van der Waals surface area contributed by atoms with E-state index in [2.05, 4.69) is 14.5 Å². The van der Waals surface area contributed by atoms with Crippen LogP contribution in [-0.2, 0) is 19.6 Å². The van der Waals surface area contributed by atoms with Gasteiger partial charge in [0, 0.05) is 38.1 Å². The molecule has 0 atom stereocenters. The summed E-state index contributed by atoms with van der Waals surface area (Å²) in [5.41, 5.74) is 6.67. The highest BCUT2D eigenvalue weighted by Crippen LogP contribution is 2.23. The van der Waals surface area contributed by atoms with Crippen LogP contribution in [-0.4, -0.2) is 25.9 Å². The SMILES string of the molecule is Nc1ccc(CN2CCn3ccnc3C2)cc1[N+](=O)[O-]. The first-order valence-corrected chi connectivity index (χ1v) is 6.38. The van der Waals surface area contributed by atoms with Crippen LogP contribution in [0.5, 0.6) is 0 Å². The molecular formula is C13H15N5O2. The minimum absolute atomic E-state index is 0.0268. The maximum Gasteiger partial charge on any atom is 0.292 e. The lowest BCUT2D eigenvalue weighted by molar-refractivity contribution is -0.384. The van der Waals surface area contributed by atoms with Gasteiger partial charge in [0.15, 0.2) is 0 Å². The molecular weight excluding hydrogens is 258 g/mol. The second-order valence-electron chi connectivity index (χ2n) is 4.90. The van der Waals surface area contributed by atoms with Crippen molar-refractivity contribution in [2.75, 3.05) is 12.3 Å². The number of nitro groups is 1. The van der Waals surface area contributed by atoms with E-state index in [0.717, 1.165) is 31.0 Å². The Kier molecular flexibility index (Phi) is 3.11. The van der Waals surface area contributed by atoms with Gasteiger partial charge in [-0.1, -0.05) is 6.07 Å². The van der Waals surface area contributed by atoms with E-state index in [-0.39, 0.29) is 11.4 Å². The van der Waals surface area contributed by atoms with Crippen LogP contribution >= 0.6 is 0 Å². The number of rotatable bonds is 3. The van der Waals surface area contributed by atoms with Crippen LogP contribution in [0.1, 0.15) is 11.4 Å². The van der Waals surface area contributed by atoms with Gasteiger partial charge in [-0.15, -0.1) is 0 Å². The van der Waals surface area contributed by atoms with Gasteiger partial charge in [-0.05, 0) is 11.6 Å². The number of hydrogen-bond donors (Lipinski definition) is 1. The van der Waals surface area contributed by atoms with E-state index in [1.54, 1.807) is 18.3 Å². The van der Waals surface area contributed by atoms with Gasteiger partial charge in [0.2, 0.25) is 0 Å². The topological polar surface area (TPSA) is 90.2 Å². The van der Waals surface area contributed by atoms with E-state index in [1.165, 1.54) is 0 Å². The van der Waals surface area contributed by atoms with Gasteiger partial charge in [-0.2, -0.15) is 0 Å². The largest absolute Gasteiger partial charge is 0.393 e. The summed E-state index contributed by atoms with van der Waals surface area (Å²) in [7, 11) is 0. The molecule has 0 radical (unpaired) electrons. The average molecular weight is 273 g/mol. The number of nitrogens with two attached hydrogens (primary N) is 1. The van der Waals surface area contributed by atoms with E-state index >= 15 is 0 Å². The smallest absolute Gasteiger partial charge is 0.292 e. The van der Waals surface area contributed by atoms with Gasteiger partial charge < -0.3 is 10.3 Å². The number of anilines is 1. The van der Waals surface area contributed by atoms with Crippen LogP contribution in [0.4, 0.5) is 11.4 Å². The van der Waals surface area contributed by atoms with Crippen molar-refractivity contribution in [1.82, 2.24) is 14.5 Å². The van der Waals surface area contributed by atoms with Gasteiger partial charge in [0.05, 0.1) is 11.5 Å². The van der Waals surface area contributed by atoms with Crippen molar-refractivity contribution in [3.05, 3.63) is 52.1 Å². The summed E-state index contributed by atoms with van der Waals surface area (Å²) in [6, 6.07) is 4.98. The Morgan fingerprint density at radius 1 is 1.40 bits per heavy atom. The number of benzene rings is 1. The molecule has 2 aromatic rings. The third-order valence-corrected chi connectivity index (χ3v) is 3.52. The molecule has 20 heavy (non-hydrogen) atoms. The Bertz CT molecular complexity index is 652. The lowest BCUT2D eigenvalue weighted by Crippen LogP contribution is -2.33. The van der Waals surface area contributed by atoms with Gasteiger partial charge >= 0.3 is 0 Å². The van der Waals surface area contributed by atoms with Crippen molar-refractivity contribution in [2.24, 2.45) is 0 Å². The molecule has 1 aromatic heterocycles. The first-order valence-electron chi connectivity index (χ1n) is 6.38. The van der Waals surface area contributed by atoms with Crippen molar-refractivity contribution in [3.63, 3.8) is 0 Å². The molecule has 1 aliphatic rings. The summed E-state index contributed by atoms with van der Waals surface area (Å²) in [5, 5.41) is 10.9. The third kappa shape index (κ3) is 2.35. The standard InChI is InChI=1S/C13H15N5O2/c14-11-2-1-10(7-12(11)18(19)20)8-16-5-6-17-4-3-15-13(17)9-16/h1-4,7H,5-6,8-9,14H2. The van der Waals surface area contributed by atoms with Crippen molar-refractivity contribution < 1.29 is 4.92 Å². The number of nitrogens with zero attached hydrogens (tertiary/aromatic N) is 4. The molecule has 0 spiro atoms. The summed E-state index contributed by atoms with van der Waals surface area (Å²) in [6.07, 6.45) is 3.77. The number of imidazole rings is 1. The number of aromatic nitrogens is 2. The molecule has 7 heteroatoms. The molecule has 2 heterocycles. The summed E-state index contributed by atoms with van der Waals surface area (Å²) in [5.74, 6) is 1.03. The molecule has 0 saturated heterocycles. The molecule has 0 fully saturated rings. The highest BCUT2D eigenvalue weighted by atomic mass is 16.6. The minimum atomic E-state index is -0.443. The fraction of sp³-hybridized carbons (Fsp3) is 0.308. The van der Waals surface area contributed by atoms with Crippen molar-refractivity contribution in [1.29, 1.82) is 0 Å². The number of fused-ring (bicyclic) bond motifs is 1. The fourth-order valence-electron chi connectivity index (χ4n) is 2.46. The lowest BCUT2D eigenvalue weighted by atomic mass is 10.1. The summed E-state index contributed by atoms with van der Waals surface area (Å²) in [4.78, 5) is 17.0. The molecule has 1 aromatic carbocycles. The van der Waals surface area contributed by atoms with Crippen molar-refractivity contribution >= 4 is 11.4 Å². The molecule has 3 rings (SSSR count). The monoisotopic (exact) mass is 273 g/mol. The van der Waals surface area contributed by atoms with Crippen molar-refractivity contribution in [3.8, 4) is 0 Å². The second kappa shape index (κ2) is 4.93. The highest BCUT2D eigenvalue weighted by Gasteiger charge is 2.18. The van der Waals surface area contributed by atoms with Crippen LogP contribution in [0, 0.1) is 10.1 Å². The molecule has 0 unspecified atom stereocenters. The summed E-state index contributed by atoms with van der Waals surface area (Å²) >= 11 is 0. The fourth-order valence-corrected chi connectivity index (χ4v) is 2.46. The molecule has 1 aliphatic heterocycles. The number of nitro benzene ring substituents is 1. The Morgan fingerprint density at radius 3 is 3.05 bits per heavy atom. The predicted molar refractivity (Wildman–Crippen MR) is 73.8 cm³/mol. The van der Waals surface area contributed by atoms with E-state index in [9.17, 15) is 10.1 Å². The van der Waals surface area contributed by atoms with E-state index in [4.69, 9.17) is 5.73 Å². The van der Waals surface area contributed by atoms with Crippen LogP contribution < -0.4 is 5.73 Å². The number of hydrogen-bond acceptors (Lipinski definition) is 5. The third-order valence-electron chi connectivity index (χ3n) is 3.52. The zero-order valence-corrected chi connectivity index (χ0v) is 10.9. The van der Waals surface area contributed by atoms with Gasteiger partial charge in [-0.25, -0.2) is 4.98 Å². The van der Waals surface area contributed by atoms with E-state index < -0.39 is 4.92 Å². The Labute approximate surface area is 115 Å². The van der Waals surface area contributed by atoms with Crippen LogP contribution in [0.25, 0.3) is 0 Å². The molecule has 7 nitrogen and oxygen atoms in total. The van der Waals surface area contributed by atoms with Crippen LogP contribution in [0.3, 0.4) is 0 Å². The molecule has 104 valence electrons. The van der Waals surface area contributed by atoms with E-state index in [1.807, 2.05) is 12.3 Å². The molecule has 0 bridgehead atoms. The van der Waals surface area contributed by atoms with E-state index in [0.29, 0.717) is 6.54 Å². The van der Waals surface area contributed by atoms with Crippen LogP contribution in [0.15, 0.2) is 30.6 Å². The molecule has 2 N–H and O–H groups in total. The van der Waals surface area contributed by atoms with Crippen LogP contribution in [0.2, 0.25) is 0 Å². The Hall–Kier alpha value is -2.41. The molecule has 0 amide bonds. The van der Waals surface area contributed by atoms with Gasteiger partial charge in [-0.3, -0.25) is 15.0 Å². The highest BCUT2D eigenvalue weighted by molar-refractivity contribution is 5.59. The van der Waals surface area contributed by atoms with Crippen molar-refractivity contribution in [2.45, 2.75) is 19.6 Å². The average Bonchev–Trinajstić information content (AvgIpc) is 2.88. The Balaban J connectivity index is 1.76. The molecule has 0 aliphatic carbocycles. The maximum atomic E-state index is 10.9. The second-order valence-corrected chi connectivity index (χ2v) is 4.90. The normalized spacial score (nSPS) is 15.0. The zero-order valence-electron chi connectivity index (χ0n) is 10.9.